The van der Waals surface area contributed by atoms with Crippen LogP contribution >= 0.6 is 27.5 Å². The van der Waals surface area contributed by atoms with Gasteiger partial charge in [-0.1, -0.05) is 17.7 Å². The summed E-state index contributed by atoms with van der Waals surface area (Å²) in [5.74, 6) is 0. The highest BCUT2D eigenvalue weighted by Gasteiger charge is 1.99. The third-order valence-corrected chi connectivity index (χ3v) is 3.27. The van der Waals surface area contributed by atoms with Crippen LogP contribution < -0.4 is 5.32 Å². The zero-order valence-corrected chi connectivity index (χ0v) is 11.7. The molecule has 1 N–H and O–H groups in total. The predicted octanol–water partition coefficient (Wildman–Crippen LogP) is 4.42. The Kier molecular flexibility index (Phi) is 4.02. The van der Waals surface area contributed by atoms with Crippen LogP contribution in [0.3, 0.4) is 0 Å². The van der Waals surface area contributed by atoms with Crippen molar-refractivity contribution < 1.29 is 0 Å². The number of nitrogens with one attached hydrogen (secondary N) is 1. The van der Waals surface area contributed by atoms with Gasteiger partial charge in [-0.05, 0) is 52.2 Å². The number of hydrogen-bond donors (Lipinski definition) is 1. The maximum atomic E-state index is 6.06. The van der Waals surface area contributed by atoms with E-state index >= 15 is 0 Å². The van der Waals surface area contributed by atoms with E-state index in [0.29, 0.717) is 0 Å². The van der Waals surface area contributed by atoms with E-state index in [0.717, 1.165) is 32.9 Å². The molecule has 4 heteroatoms. The average Bonchev–Trinajstić information content (AvgIpc) is 2.31. The predicted molar refractivity (Wildman–Crippen MR) is 75.5 cm³/mol. The molecule has 1 aromatic carbocycles. The minimum absolute atomic E-state index is 0.728. The van der Waals surface area contributed by atoms with Crippen molar-refractivity contribution in [1.29, 1.82) is 0 Å². The van der Waals surface area contributed by atoms with Gasteiger partial charge in [0.05, 0.1) is 0 Å². The monoisotopic (exact) mass is 310 g/mol. The number of nitrogens with zero attached hydrogens (tertiary/aromatic N) is 1. The molecule has 0 atom stereocenters. The zero-order valence-electron chi connectivity index (χ0n) is 9.37. The van der Waals surface area contributed by atoms with Gasteiger partial charge in [-0.25, -0.2) is 0 Å². The largest absolute Gasteiger partial charge is 0.381 e. The molecule has 2 rings (SSSR count). The molecule has 0 fully saturated rings. The third-order valence-electron chi connectivity index (χ3n) is 2.43. The van der Waals surface area contributed by atoms with Crippen molar-refractivity contribution in [2.45, 2.75) is 13.5 Å². The molecule has 0 aliphatic rings. The maximum Gasteiger partial charge on any atom is 0.0455 e. The van der Waals surface area contributed by atoms with Crippen LogP contribution in [0.2, 0.25) is 5.02 Å². The Bertz CT molecular complexity index is 529. The van der Waals surface area contributed by atoms with E-state index in [-0.39, 0.29) is 0 Å². The summed E-state index contributed by atoms with van der Waals surface area (Å²) in [5.41, 5.74) is 3.22. The van der Waals surface area contributed by atoms with Crippen LogP contribution in [-0.4, -0.2) is 4.98 Å². The second kappa shape index (κ2) is 5.52. The maximum absolute atomic E-state index is 6.06. The molecule has 17 heavy (non-hydrogen) atoms. The summed E-state index contributed by atoms with van der Waals surface area (Å²) in [5, 5.41) is 4.09. The van der Waals surface area contributed by atoms with Crippen molar-refractivity contribution in [1.82, 2.24) is 4.98 Å². The van der Waals surface area contributed by atoms with E-state index in [4.69, 9.17) is 11.6 Å². The summed E-state index contributed by atoms with van der Waals surface area (Å²) < 4.78 is 0.985. The summed E-state index contributed by atoms with van der Waals surface area (Å²) in [6.07, 6.45) is 3.61. The second-order valence-corrected chi connectivity index (χ2v) is 5.15. The van der Waals surface area contributed by atoms with Crippen LogP contribution in [0.5, 0.6) is 0 Å². The van der Waals surface area contributed by atoms with Gasteiger partial charge in [0.15, 0.2) is 0 Å². The molecule has 0 bridgehead atoms. The highest BCUT2D eigenvalue weighted by atomic mass is 79.9. The Morgan fingerprint density at radius 2 is 2.12 bits per heavy atom. The van der Waals surface area contributed by atoms with Gasteiger partial charge >= 0.3 is 0 Å². The van der Waals surface area contributed by atoms with Gasteiger partial charge in [0, 0.05) is 34.1 Å². The van der Waals surface area contributed by atoms with Gasteiger partial charge in [-0.2, -0.15) is 0 Å². The highest BCUT2D eigenvalue weighted by Crippen LogP contribution is 2.20. The number of pyridine rings is 1. The van der Waals surface area contributed by atoms with Gasteiger partial charge in [0.2, 0.25) is 0 Å². The lowest BCUT2D eigenvalue weighted by Gasteiger charge is -2.08. The standard InChI is InChI=1S/C13H12BrClN2/c1-9-2-3-12(5-13(9)15)17-7-10-4-11(14)8-16-6-10/h2-6,8,17H,7H2,1H3. The first-order valence-electron chi connectivity index (χ1n) is 5.24. The minimum atomic E-state index is 0.728. The Morgan fingerprint density at radius 3 is 2.82 bits per heavy atom. The molecule has 88 valence electrons. The van der Waals surface area contributed by atoms with E-state index in [1.165, 1.54) is 0 Å². The molecule has 0 amide bonds. The first-order valence-corrected chi connectivity index (χ1v) is 6.42. The smallest absolute Gasteiger partial charge is 0.0455 e. The lowest BCUT2D eigenvalue weighted by Crippen LogP contribution is -1.99. The van der Waals surface area contributed by atoms with Crippen molar-refractivity contribution >= 4 is 33.2 Å². The number of rotatable bonds is 3. The fourth-order valence-electron chi connectivity index (χ4n) is 1.46. The van der Waals surface area contributed by atoms with E-state index in [2.05, 4.69) is 26.2 Å². The quantitative estimate of drug-likeness (QED) is 0.907. The van der Waals surface area contributed by atoms with E-state index in [1.54, 1.807) is 6.20 Å². The number of hydrogen-bond acceptors (Lipinski definition) is 2. The van der Waals surface area contributed by atoms with Gasteiger partial charge in [0.1, 0.15) is 0 Å². The molecule has 0 aliphatic heterocycles. The topological polar surface area (TPSA) is 24.9 Å². The third kappa shape index (κ3) is 3.45. The summed E-state index contributed by atoms with van der Waals surface area (Å²) in [6, 6.07) is 7.99. The Balaban J connectivity index is 2.05. The number of benzene rings is 1. The van der Waals surface area contributed by atoms with Crippen LogP contribution in [-0.2, 0) is 6.54 Å². The molecule has 0 saturated carbocycles. The fraction of sp³-hybridized carbons (Fsp3) is 0.154. The van der Waals surface area contributed by atoms with E-state index < -0.39 is 0 Å². The summed E-state index contributed by atoms with van der Waals surface area (Å²) >= 11 is 9.46. The number of aryl methyl sites for hydroxylation is 1. The van der Waals surface area contributed by atoms with E-state index in [1.807, 2.05) is 37.4 Å². The van der Waals surface area contributed by atoms with E-state index in [9.17, 15) is 0 Å². The van der Waals surface area contributed by atoms with Crippen LogP contribution in [0.25, 0.3) is 0 Å². The number of aromatic nitrogens is 1. The fourth-order valence-corrected chi connectivity index (χ4v) is 2.05. The molecule has 2 aromatic rings. The SMILES string of the molecule is Cc1ccc(NCc2cncc(Br)c2)cc1Cl. The zero-order chi connectivity index (χ0) is 12.3. The molecular weight excluding hydrogens is 300 g/mol. The molecule has 2 nitrogen and oxygen atoms in total. The van der Waals surface area contributed by atoms with Crippen molar-refractivity contribution in [2.24, 2.45) is 0 Å². The van der Waals surface area contributed by atoms with Gasteiger partial charge in [-0.15, -0.1) is 0 Å². The lowest BCUT2D eigenvalue weighted by atomic mass is 10.2. The van der Waals surface area contributed by atoms with Crippen molar-refractivity contribution in [2.75, 3.05) is 5.32 Å². The Hall–Kier alpha value is -1.06. The normalized spacial score (nSPS) is 10.3. The molecule has 0 aliphatic carbocycles. The van der Waals surface area contributed by atoms with Gasteiger partial charge < -0.3 is 5.32 Å². The molecule has 0 saturated heterocycles. The van der Waals surface area contributed by atoms with Gasteiger partial charge in [-0.3, -0.25) is 4.98 Å². The van der Waals surface area contributed by atoms with Crippen LogP contribution in [0.15, 0.2) is 41.1 Å². The minimum Gasteiger partial charge on any atom is -0.381 e. The molecule has 0 spiro atoms. The first kappa shape index (κ1) is 12.4. The Labute approximate surface area is 114 Å². The van der Waals surface area contributed by atoms with Crippen LogP contribution in [0, 0.1) is 6.92 Å². The number of anilines is 1. The molecule has 0 unspecified atom stereocenters. The molecule has 1 heterocycles. The molecular formula is C13H12BrClN2. The van der Waals surface area contributed by atoms with Crippen molar-refractivity contribution in [3.05, 3.63) is 57.3 Å². The van der Waals surface area contributed by atoms with Gasteiger partial charge in [0.25, 0.3) is 0 Å². The van der Waals surface area contributed by atoms with Crippen LogP contribution in [0.1, 0.15) is 11.1 Å². The first-order chi connectivity index (χ1) is 8.15. The summed E-state index contributed by atoms with van der Waals surface area (Å²) in [7, 11) is 0. The highest BCUT2D eigenvalue weighted by molar-refractivity contribution is 9.10. The van der Waals surface area contributed by atoms with Crippen molar-refractivity contribution in [3.8, 4) is 0 Å². The second-order valence-electron chi connectivity index (χ2n) is 3.83. The lowest BCUT2D eigenvalue weighted by molar-refractivity contribution is 1.11. The van der Waals surface area contributed by atoms with Crippen molar-refractivity contribution in [3.63, 3.8) is 0 Å². The number of halogens is 2. The summed E-state index contributed by atoms with van der Waals surface area (Å²) in [6.45, 7) is 2.72. The average molecular weight is 312 g/mol. The molecule has 1 aromatic heterocycles. The molecule has 0 radical (unpaired) electrons. The Morgan fingerprint density at radius 1 is 1.29 bits per heavy atom. The van der Waals surface area contributed by atoms with Crippen LogP contribution in [0.4, 0.5) is 5.69 Å². The summed E-state index contributed by atoms with van der Waals surface area (Å²) in [4.78, 5) is 4.12.